The van der Waals surface area contributed by atoms with Crippen molar-refractivity contribution in [1.29, 1.82) is 0 Å². The highest BCUT2D eigenvalue weighted by atomic mass is 31.2. The third-order valence-corrected chi connectivity index (χ3v) is 11.6. The molecule has 0 radical (unpaired) electrons. The molecule has 0 aliphatic rings. The van der Waals surface area contributed by atoms with Gasteiger partial charge in [0.1, 0.15) is 13.2 Å². The summed E-state index contributed by atoms with van der Waals surface area (Å²) in [6, 6.07) is -0.885. The number of allylic oxidation sites excluding steroid dienone is 3. The van der Waals surface area contributed by atoms with Crippen molar-refractivity contribution in [2.75, 3.05) is 40.9 Å². The van der Waals surface area contributed by atoms with Crippen LogP contribution < -0.4 is 10.2 Å². The Kier molecular flexibility index (Phi) is 38.7. The molecule has 0 aromatic carbocycles. The summed E-state index contributed by atoms with van der Waals surface area (Å²) in [6.45, 7) is 4.65. The van der Waals surface area contributed by atoms with Crippen LogP contribution in [0.25, 0.3) is 0 Å². The minimum atomic E-state index is -4.59. The first-order chi connectivity index (χ1) is 27.0. The van der Waals surface area contributed by atoms with E-state index in [1.54, 1.807) is 6.08 Å². The van der Waals surface area contributed by atoms with Gasteiger partial charge in [-0.15, -0.1) is 0 Å². The summed E-state index contributed by atoms with van der Waals surface area (Å²) in [6.07, 6.45) is 46.5. The lowest BCUT2D eigenvalue weighted by atomic mass is 10.0. The van der Waals surface area contributed by atoms with E-state index in [0.717, 1.165) is 38.5 Å². The minimum Gasteiger partial charge on any atom is -0.756 e. The van der Waals surface area contributed by atoms with Crippen LogP contribution >= 0.6 is 7.82 Å². The minimum absolute atomic E-state index is 0.000661. The molecule has 3 unspecified atom stereocenters. The van der Waals surface area contributed by atoms with Gasteiger partial charge >= 0.3 is 0 Å². The van der Waals surface area contributed by atoms with E-state index in [9.17, 15) is 19.4 Å². The number of rotatable bonds is 43. The van der Waals surface area contributed by atoms with Crippen molar-refractivity contribution < 1.29 is 32.9 Å². The number of phosphoric ester groups is 1. The molecule has 9 heteroatoms. The van der Waals surface area contributed by atoms with Crippen LogP contribution in [-0.2, 0) is 18.4 Å². The number of nitrogens with zero attached hydrogens (tertiary/aromatic N) is 1. The summed E-state index contributed by atoms with van der Waals surface area (Å²) in [5.41, 5.74) is 0. The number of amides is 1. The Morgan fingerprint density at radius 2 is 0.982 bits per heavy atom. The number of carbonyl (C=O) groups excluding carboxylic acids is 1. The van der Waals surface area contributed by atoms with Crippen molar-refractivity contribution in [2.24, 2.45) is 0 Å². The van der Waals surface area contributed by atoms with Crippen molar-refractivity contribution in [1.82, 2.24) is 5.32 Å². The second-order valence-corrected chi connectivity index (χ2v) is 18.9. The lowest BCUT2D eigenvalue weighted by Crippen LogP contribution is -2.45. The van der Waals surface area contributed by atoms with Crippen LogP contribution in [0, 0.1) is 0 Å². The quantitative estimate of drug-likeness (QED) is 0.0275. The van der Waals surface area contributed by atoms with Crippen LogP contribution in [0.4, 0.5) is 0 Å². The van der Waals surface area contributed by atoms with Crippen LogP contribution in [0.5, 0.6) is 0 Å². The fraction of sp³-hybridized carbons (Fsp3) is 0.894. The third kappa shape index (κ3) is 41.2. The molecule has 0 aliphatic carbocycles. The molecule has 0 aliphatic heterocycles. The van der Waals surface area contributed by atoms with Gasteiger partial charge in [-0.3, -0.25) is 9.36 Å². The van der Waals surface area contributed by atoms with E-state index in [2.05, 4.69) is 31.3 Å². The summed E-state index contributed by atoms with van der Waals surface area (Å²) < 4.78 is 23.2. The first-order valence-electron chi connectivity index (χ1n) is 23.7. The van der Waals surface area contributed by atoms with Gasteiger partial charge in [0.25, 0.3) is 7.82 Å². The number of quaternary nitrogens is 1. The maximum absolute atomic E-state index is 12.9. The maximum Gasteiger partial charge on any atom is 0.268 e. The number of carbonyl (C=O) groups is 1. The van der Waals surface area contributed by atoms with Gasteiger partial charge in [-0.2, -0.15) is 0 Å². The van der Waals surface area contributed by atoms with Gasteiger partial charge in [-0.25, -0.2) is 0 Å². The van der Waals surface area contributed by atoms with Crippen LogP contribution in [0.1, 0.15) is 219 Å². The lowest BCUT2D eigenvalue weighted by molar-refractivity contribution is -0.870. The molecule has 0 saturated heterocycles. The van der Waals surface area contributed by atoms with Gasteiger partial charge in [0.05, 0.1) is 39.9 Å². The normalized spacial score (nSPS) is 14.5. The highest BCUT2D eigenvalue weighted by Crippen LogP contribution is 2.38. The Labute approximate surface area is 347 Å². The zero-order chi connectivity index (χ0) is 41.4. The van der Waals surface area contributed by atoms with Crippen LogP contribution in [0.2, 0.25) is 0 Å². The Hall–Kier alpha value is -1.02. The summed E-state index contributed by atoms with van der Waals surface area (Å²) in [4.78, 5) is 25.3. The monoisotopic (exact) mass is 813 g/mol. The average molecular weight is 813 g/mol. The molecular weight excluding hydrogens is 719 g/mol. The summed E-state index contributed by atoms with van der Waals surface area (Å²) >= 11 is 0. The van der Waals surface area contributed by atoms with E-state index in [-0.39, 0.29) is 19.1 Å². The molecule has 0 spiro atoms. The number of aliphatic hydroxyl groups is 1. The highest BCUT2D eigenvalue weighted by Gasteiger charge is 2.23. The lowest BCUT2D eigenvalue weighted by Gasteiger charge is -2.29. The van der Waals surface area contributed by atoms with Gasteiger partial charge in [0, 0.05) is 6.42 Å². The second kappa shape index (κ2) is 39.4. The van der Waals surface area contributed by atoms with E-state index in [4.69, 9.17) is 9.05 Å². The SMILES string of the molecule is CCCCCCCCCC/C=C\CCCCCCCCCC(=O)NC(COP(=O)([O-])OCC[N+](C)(C)C)C(O)/C=C/CCCCCCCCCCCCCCC. The van der Waals surface area contributed by atoms with Crippen molar-refractivity contribution in [2.45, 2.75) is 231 Å². The van der Waals surface area contributed by atoms with Gasteiger partial charge in [-0.1, -0.05) is 192 Å². The molecule has 0 saturated carbocycles. The molecule has 0 rings (SSSR count). The molecule has 8 nitrogen and oxygen atoms in total. The van der Waals surface area contributed by atoms with Gasteiger partial charge in [0.15, 0.2) is 0 Å². The molecule has 1 amide bonds. The largest absolute Gasteiger partial charge is 0.756 e. The zero-order valence-electron chi connectivity index (χ0n) is 37.6. The van der Waals surface area contributed by atoms with E-state index >= 15 is 0 Å². The summed E-state index contributed by atoms with van der Waals surface area (Å²) in [5.74, 6) is -0.201. The number of phosphoric acid groups is 1. The standard InChI is InChI=1S/C47H93N2O6P/c1-6-8-10-12-14-16-18-20-22-23-24-25-27-29-31-33-35-37-39-41-47(51)48-45(44-55-56(52,53)54-43-42-49(3,4)5)46(50)40-38-36-34-32-30-28-26-21-19-17-15-13-11-9-7-2/h23-24,38,40,45-46,50H,6-22,25-37,39,41-44H2,1-5H3,(H-,48,51,52,53)/b24-23-,40-38+. The van der Waals surface area contributed by atoms with E-state index in [1.807, 2.05) is 27.2 Å². The van der Waals surface area contributed by atoms with Gasteiger partial charge in [-0.05, 0) is 44.9 Å². The molecule has 3 atom stereocenters. The highest BCUT2D eigenvalue weighted by molar-refractivity contribution is 7.45. The van der Waals surface area contributed by atoms with E-state index < -0.39 is 20.0 Å². The van der Waals surface area contributed by atoms with Crippen molar-refractivity contribution in [3.05, 3.63) is 24.3 Å². The summed E-state index contributed by atoms with van der Waals surface area (Å²) in [5, 5.41) is 13.8. The summed E-state index contributed by atoms with van der Waals surface area (Å²) in [7, 11) is 1.26. The first kappa shape index (κ1) is 55.0. The molecule has 332 valence electrons. The zero-order valence-corrected chi connectivity index (χ0v) is 38.5. The smallest absolute Gasteiger partial charge is 0.268 e. The molecule has 0 aromatic heterocycles. The molecule has 0 bridgehead atoms. The fourth-order valence-electron chi connectivity index (χ4n) is 6.85. The Morgan fingerprint density at radius 1 is 0.607 bits per heavy atom. The number of unbranched alkanes of at least 4 members (excludes halogenated alkanes) is 28. The average Bonchev–Trinajstić information content (AvgIpc) is 3.15. The second-order valence-electron chi connectivity index (χ2n) is 17.5. The van der Waals surface area contributed by atoms with Crippen molar-refractivity contribution in [3.63, 3.8) is 0 Å². The molecular formula is C47H93N2O6P. The maximum atomic E-state index is 12.9. The van der Waals surface area contributed by atoms with Crippen LogP contribution in [0.15, 0.2) is 24.3 Å². The Balaban J connectivity index is 4.36. The molecule has 0 heterocycles. The molecule has 2 N–H and O–H groups in total. The van der Waals surface area contributed by atoms with Crippen LogP contribution in [0.3, 0.4) is 0 Å². The predicted octanol–water partition coefficient (Wildman–Crippen LogP) is 12.7. The number of hydrogen-bond acceptors (Lipinski definition) is 6. The molecule has 0 fully saturated rings. The fourth-order valence-corrected chi connectivity index (χ4v) is 7.58. The number of aliphatic hydroxyl groups excluding tert-OH is 1. The van der Waals surface area contributed by atoms with Crippen LogP contribution in [-0.4, -0.2) is 68.5 Å². The number of nitrogens with one attached hydrogen (secondary N) is 1. The van der Waals surface area contributed by atoms with Crippen molar-refractivity contribution in [3.8, 4) is 0 Å². The van der Waals surface area contributed by atoms with E-state index in [1.165, 1.54) is 161 Å². The topological polar surface area (TPSA) is 108 Å². The Morgan fingerprint density at radius 3 is 1.39 bits per heavy atom. The first-order valence-corrected chi connectivity index (χ1v) is 25.2. The predicted molar refractivity (Wildman–Crippen MR) is 238 cm³/mol. The van der Waals surface area contributed by atoms with E-state index in [0.29, 0.717) is 17.4 Å². The van der Waals surface area contributed by atoms with Gasteiger partial charge < -0.3 is 28.8 Å². The number of hydrogen-bond donors (Lipinski definition) is 2. The molecule has 56 heavy (non-hydrogen) atoms. The van der Waals surface area contributed by atoms with Crippen molar-refractivity contribution >= 4 is 13.7 Å². The number of likely N-dealkylation sites (N-methyl/N-ethyl adjacent to an activating group) is 1. The third-order valence-electron chi connectivity index (χ3n) is 10.7. The Bertz CT molecular complexity index is 969. The van der Waals surface area contributed by atoms with Gasteiger partial charge in [0.2, 0.25) is 5.91 Å². The molecule has 0 aromatic rings.